The number of carbonyl (C=O) groups is 3. The van der Waals surface area contributed by atoms with Crippen molar-refractivity contribution < 1.29 is 14.4 Å². The lowest BCUT2D eigenvalue weighted by Crippen LogP contribution is -2.58. The Balaban J connectivity index is 1.53. The third-order valence-corrected chi connectivity index (χ3v) is 8.18. The van der Waals surface area contributed by atoms with E-state index in [0.29, 0.717) is 12.1 Å². The minimum absolute atomic E-state index is 0.0517. The second-order valence-corrected chi connectivity index (χ2v) is 11.1. The lowest BCUT2D eigenvalue weighted by Gasteiger charge is -2.32. The average Bonchev–Trinajstić information content (AvgIpc) is 3.24. The van der Waals surface area contributed by atoms with Crippen molar-refractivity contribution in [3.8, 4) is 0 Å². The van der Waals surface area contributed by atoms with E-state index >= 15 is 0 Å². The Morgan fingerprint density at radius 3 is 2.45 bits per heavy atom. The molecule has 0 saturated carbocycles. The van der Waals surface area contributed by atoms with Gasteiger partial charge in [0.25, 0.3) is 5.91 Å². The molecule has 1 saturated heterocycles. The van der Waals surface area contributed by atoms with Gasteiger partial charge < -0.3 is 15.5 Å². The highest BCUT2D eigenvalue weighted by molar-refractivity contribution is 8.01. The SMILES string of the molecule is CCC(C)C(NC(=O)C1N2C(=O)c3ccccc3C2SC1(C)C)C(=O)NCc1ccccc1. The van der Waals surface area contributed by atoms with Gasteiger partial charge in [0.15, 0.2) is 0 Å². The predicted molar refractivity (Wildman–Crippen MR) is 130 cm³/mol. The fourth-order valence-corrected chi connectivity index (χ4v) is 6.22. The van der Waals surface area contributed by atoms with Gasteiger partial charge in [-0.3, -0.25) is 14.4 Å². The number of hydrogen-bond acceptors (Lipinski definition) is 4. The van der Waals surface area contributed by atoms with Crippen LogP contribution in [0.1, 0.15) is 61.0 Å². The minimum Gasteiger partial charge on any atom is -0.350 e. The first-order valence-electron chi connectivity index (χ1n) is 11.5. The van der Waals surface area contributed by atoms with Gasteiger partial charge in [-0.2, -0.15) is 0 Å². The van der Waals surface area contributed by atoms with Gasteiger partial charge in [0.2, 0.25) is 11.8 Å². The van der Waals surface area contributed by atoms with E-state index in [0.717, 1.165) is 17.5 Å². The van der Waals surface area contributed by atoms with Crippen molar-refractivity contribution in [2.45, 2.75) is 62.9 Å². The number of fused-ring (bicyclic) bond motifs is 3. The molecule has 0 bridgehead atoms. The fraction of sp³-hybridized carbons (Fsp3) is 0.423. The lowest BCUT2D eigenvalue weighted by atomic mass is 9.95. The van der Waals surface area contributed by atoms with Crippen molar-refractivity contribution in [3.05, 3.63) is 71.3 Å². The third kappa shape index (κ3) is 4.38. The van der Waals surface area contributed by atoms with E-state index < -0.39 is 16.8 Å². The van der Waals surface area contributed by atoms with E-state index in [4.69, 9.17) is 0 Å². The zero-order valence-electron chi connectivity index (χ0n) is 19.5. The quantitative estimate of drug-likeness (QED) is 0.651. The molecule has 7 heteroatoms. The standard InChI is InChI=1S/C26H31N3O3S/c1-5-16(2)20(22(30)27-15-17-11-7-6-8-12-17)28-23(31)21-26(3,4)33-25-19-14-10-9-13-18(19)24(32)29(21)25/h6-14,16,20-21,25H,5,15H2,1-4H3,(H,27,30)(H,28,31). The molecule has 2 aromatic carbocycles. The average molecular weight is 466 g/mol. The Hall–Kier alpha value is -2.80. The summed E-state index contributed by atoms with van der Waals surface area (Å²) in [5.74, 6) is -0.666. The van der Waals surface area contributed by atoms with E-state index in [1.807, 2.05) is 82.3 Å². The minimum atomic E-state index is -0.675. The molecule has 2 aliphatic heterocycles. The normalized spacial score (nSPS) is 22.3. The zero-order valence-corrected chi connectivity index (χ0v) is 20.3. The van der Waals surface area contributed by atoms with Gasteiger partial charge in [-0.25, -0.2) is 0 Å². The molecule has 4 unspecified atom stereocenters. The van der Waals surface area contributed by atoms with Crippen molar-refractivity contribution in [2.24, 2.45) is 5.92 Å². The molecule has 0 radical (unpaired) electrons. The third-order valence-electron chi connectivity index (χ3n) is 6.65. The van der Waals surface area contributed by atoms with Crippen LogP contribution >= 0.6 is 11.8 Å². The maximum Gasteiger partial charge on any atom is 0.256 e. The van der Waals surface area contributed by atoms with Crippen LogP contribution in [0.4, 0.5) is 0 Å². The Kier molecular flexibility index (Phi) is 6.52. The summed E-state index contributed by atoms with van der Waals surface area (Å²) in [4.78, 5) is 41.6. The highest BCUT2D eigenvalue weighted by Crippen LogP contribution is 2.56. The molecule has 0 spiro atoms. The number of carbonyl (C=O) groups excluding carboxylic acids is 3. The molecule has 33 heavy (non-hydrogen) atoms. The Morgan fingerprint density at radius 2 is 1.76 bits per heavy atom. The summed E-state index contributed by atoms with van der Waals surface area (Å²) >= 11 is 1.62. The van der Waals surface area contributed by atoms with Gasteiger partial charge in [0.05, 0.1) is 0 Å². The maximum atomic E-state index is 13.6. The number of rotatable bonds is 7. The molecular weight excluding hydrogens is 434 g/mol. The first-order valence-corrected chi connectivity index (χ1v) is 12.3. The van der Waals surface area contributed by atoms with Gasteiger partial charge in [0.1, 0.15) is 17.5 Å². The van der Waals surface area contributed by atoms with Gasteiger partial charge in [-0.05, 0) is 37.0 Å². The van der Waals surface area contributed by atoms with Gasteiger partial charge in [0, 0.05) is 16.9 Å². The van der Waals surface area contributed by atoms with Crippen molar-refractivity contribution in [1.29, 1.82) is 0 Å². The number of hydrogen-bond donors (Lipinski definition) is 2. The Morgan fingerprint density at radius 1 is 1.09 bits per heavy atom. The van der Waals surface area contributed by atoms with Gasteiger partial charge in [-0.15, -0.1) is 11.8 Å². The van der Waals surface area contributed by atoms with Crippen LogP contribution in [0.2, 0.25) is 0 Å². The molecule has 4 rings (SSSR count). The molecule has 2 aromatic rings. The Bertz CT molecular complexity index is 1060. The predicted octanol–water partition coefficient (Wildman–Crippen LogP) is 3.88. The molecule has 2 heterocycles. The summed E-state index contributed by atoms with van der Waals surface area (Å²) in [6.07, 6.45) is 0.739. The van der Waals surface area contributed by atoms with Crippen molar-refractivity contribution >= 4 is 29.5 Å². The summed E-state index contributed by atoms with van der Waals surface area (Å²) in [5, 5.41) is 5.78. The second-order valence-electron chi connectivity index (χ2n) is 9.35. The Labute approximate surface area is 199 Å². The number of amides is 3. The van der Waals surface area contributed by atoms with E-state index in [2.05, 4.69) is 10.6 Å². The summed E-state index contributed by atoms with van der Waals surface area (Å²) in [7, 11) is 0. The first-order chi connectivity index (χ1) is 15.7. The van der Waals surface area contributed by atoms with Crippen LogP contribution in [0.5, 0.6) is 0 Å². The first kappa shape index (κ1) is 23.4. The van der Waals surface area contributed by atoms with E-state index in [1.54, 1.807) is 16.7 Å². The summed E-state index contributed by atoms with van der Waals surface area (Å²) in [6.45, 7) is 8.34. The van der Waals surface area contributed by atoms with E-state index in [9.17, 15) is 14.4 Å². The van der Waals surface area contributed by atoms with Crippen LogP contribution in [0.25, 0.3) is 0 Å². The molecule has 174 valence electrons. The molecule has 0 aromatic heterocycles. The van der Waals surface area contributed by atoms with E-state index in [1.165, 1.54) is 0 Å². The maximum absolute atomic E-state index is 13.6. The summed E-state index contributed by atoms with van der Waals surface area (Å²) in [6, 6.07) is 15.9. The van der Waals surface area contributed by atoms with Crippen LogP contribution in [-0.4, -0.2) is 39.5 Å². The second kappa shape index (κ2) is 9.21. The largest absolute Gasteiger partial charge is 0.350 e. The van der Waals surface area contributed by atoms with Crippen LogP contribution in [-0.2, 0) is 16.1 Å². The van der Waals surface area contributed by atoms with Crippen LogP contribution < -0.4 is 10.6 Å². The molecular formula is C26H31N3O3S. The smallest absolute Gasteiger partial charge is 0.256 e. The molecule has 0 aliphatic carbocycles. The number of nitrogens with one attached hydrogen (secondary N) is 2. The number of thioether (sulfide) groups is 1. The monoisotopic (exact) mass is 465 g/mol. The molecule has 4 atom stereocenters. The molecule has 2 aliphatic rings. The molecule has 1 fully saturated rings. The molecule has 6 nitrogen and oxygen atoms in total. The number of nitrogens with zero attached hydrogens (tertiary/aromatic N) is 1. The molecule has 3 amide bonds. The number of benzene rings is 2. The zero-order chi connectivity index (χ0) is 23.8. The van der Waals surface area contributed by atoms with Gasteiger partial charge >= 0.3 is 0 Å². The highest BCUT2D eigenvalue weighted by atomic mass is 32.2. The van der Waals surface area contributed by atoms with Crippen LogP contribution in [0.15, 0.2) is 54.6 Å². The van der Waals surface area contributed by atoms with Crippen molar-refractivity contribution in [3.63, 3.8) is 0 Å². The van der Waals surface area contributed by atoms with Crippen LogP contribution in [0, 0.1) is 5.92 Å². The topological polar surface area (TPSA) is 78.5 Å². The van der Waals surface area contributed by atoms with Crippen LogP contribution in [0.3, 0.4) is 0 Å². The van der Waals surface area contributed by atoms with Gasteiger partial charge in [-0.1, -0.05) is 68.8 Å². The van der Waals surface area contributed by atoms with Crippen molar-refractivity contribution in [2.75, 3.05) is 0 Å². The lowest BCUT2D eigenvalue weighted by molar-refractivity contribution is -0.133. The van der Waals surface area contributed by atoms with Crippen molar-refractivity contribution in [1.82, 2.24) is 15.5 Å². The summed E-state index contributed by atoms with van der Waals surface area (Å²) < 4.78 is -0.488. The van der Waals surface area contributed by atoms with E-state index in [-0.39, 0.29) is 29.0 Å². The fourth-order valence-electron chi connectivity index (χ4n) is 4.63. The highest BCUT2D eigenvalue weighted by Gasteiger charge is 2.57. The summed E-state index contributed by atoms with van der Waals surface area (Å²) in [5.41, 5.74) is 2.61. The molecule has 2 N–H and O–H groups in total.